The number of rotatable bonds is 7. The normalized spacial score (nSPS) is 13.2. The Labute approximate surface area is 123 Å². The molecule has 1 atom stereocenters. The number of hydrogen-bond donors (Lipinski definition) is 0. The maximum absolute atomic E-state index is 2.48. The van der Waals surface area contributed by atoms with Crippen molar-refractivity contribution in [3.63, 3.8) is 0 Å². The fourth-order valence-electron chi connectivity index (χ4n) is 2.82. The van der Waals surface area contributed by atoms with Gasteiger partial charge >= 0.3 is 0 Å². The lowest BCUT2D eigenvalue weighted by molar-refractivity contribution is 0.413. The lowest BCUT2D eigenvalue weighted by Crippen LogP contribution is -2.14. The average molecular weight is 272 g/mol. The van der Waals surface area contributed by atoms with E-state index in [-0.39, 0.29) is 0 Å². The van der Waals surface area contributed by atoms with Gasteiger partial charge in [0, 0.05) is 29.7 Å². The Kier molecular flexibility index (Phi) is 5.24. The van der Waals surface area contributed by atoms with Crippen LogP contribution in [0.2, 0.25) is 0 Å². The zero-order chi connectivity index (χ0) is 14.5. The van der Waals surface area contributed by atoms with E-state index < -0.39 is 0 Å². The van der Waals surface area contributed by atoms with Crippen molar-refractivity contribution in [2.45, 2.75) is 45.6 Å². The summed E-state index contributed by atoms with van der Waals surface area (Å²) >= 11 is 0. The summed E-state index contributed by atoms with van der Waals surface area (Å²) in [4.78, 5) is 2.26. The summed E-state index contributed by atoms with van der Waals surface area (Å²) in [6.45, 7) is 5.72. The number of hydrogen-bond acceptors (Lipinski definition) is 1. The Balaban J connectivity index is 2.30. The lowest BCUT2D eigenvalue weighted by atomic mass is 10.1. The summed E-state index contributed by atoms with van der Waals surface area (Å²) < 4.78 is 2.48. The molecule has 0 fully saturated rings. The molecular formula is C18H28N2. The first-order valence-corrected chi connectivity index (χ1v) is 7.86. The molecule has 2 heteroatoms. The van der Waals surface area contributed by atoms with Crippen LogP contribution in [0.4, 0.5) is 0 Å². The van der Waals surface area contributed by atoms with Crippen molar-refractivity contribution in [3.8, 4) is 0 Å². The smallest absolute Gasteiger partial charge is 0.0485 e. The van der Waals surface area contributed by atoms with Gasteiger partial charge in [0.05, 0.1) is 0 Å². The van der Waals surface area contributed by atoms with E-state index in [0.717, 1.165) is 13.0 Å². The predicted octanol–water partition coefficient (Wildman–Crippen LogP) is 4.50. The number of fused-ring (bicyclic) bond motifs is 1. The van der Waals surface area contributed by atoms with Crippen molar-refractivity contribution in [2.75, 3.05) is 20.6 Å². The standard InChI is InChI=1S/C18H28N2/c1-5-6-9-15(2)20-14-16(12-13-19(3)4)17-10-7-8-11-18(17)20/h7-8,10-11,14-15H,5-6,9,12-13H2,1-4H3. The molecule has 2 aromatic rings. The van der Waals surface area contributed by atoms with E-state index in [1.807, 2.05) is 0 Å². The van der Waals surface area contributed by atoms with Crippen LogP contribution < -0.4 is 0 Å². The van der Waals surface area contributed by atoms with Gasteiger partial charge in [0.25, 0.3) is 0 Å². The third-order valence-corrected chi connectivity index (χ3v) is 4.10. The van der Waals surface area contributed by atoms with Crippen LogP contribution in [0.1, 0.15) is 44.7 Å². The van der Waals surface area contributed by atoms with Crippen LogP contribution in [0.25, 0.3) is 10.9 Å². The summed E-state index contributed by atoms with van der Waals surface area (Å²) in [6.07, 6.45) is 7.36. The van der Waals surface area contributed by atoms with Gasteiger partial charge in [-0.2, -0.15) is 0 Å². The van der Waals surface area contributed by atoms with E-state index in [4.69, 9.17) is 0 Å². The Hall–Kier alpha value is -1.28. The van der Waals surface area contributed by atoms with E-state index in [2.05, 4.69) is 67.9 Å². The Bertz CT molecular complexity index is 539. The summed E-state index contributed by atoms with van der Waals surface area (Å²) in [5, 5.41) is 1.43. The molecule has 0 bridgehead atoms. The fraction of sp³-hybridized carbons (Fsp3) is 0.556. The van der Waals surface area contributed by atoms with Gasteiger partial charge in [0.2, 0.25) is 0 Å². The second kappa shape index (κ2) is 6.94. The molecule has 0 spiro atoms. The summed E-state index contributed by atoms with van der Waals surface area (Å²) in [5.41, 5.74) is 2.88. The molecule has 20 heavy (non-hydrogen) atoms. The van der Waals surface area contributed by atoms with Crippen LogP contribution in [0.15, 0.2) is 30.5 Å². The molecule has 1 aromatic heterocycles. The van der Waals surface area contributed by atoms with Gasteiger partial charge in [0.15, 0.2) is 0 Å². The molecule has 1 heterocycles. The van der Waals surface area contributed by atoms with Crippen LogP contribution in [0.5, 0.6) is 0 Å². The topological polar surface area (TPSA) is 8.17 Å². The number of likely N-dealkylation sites (N-methyl/N-ethyl adjacent to an activating group) is 1. The highest BCUT2D eigenvalue weighted by atomic mass is 15.0. The monoisotopic (exact) mass is 272 g/mol. The molecule has 0 N–H and O–H groups in total. The van der Waals surface area contributed by atoms with Crippen molar-refractivity contribution in [3.05, 3.63) is 36.0 Å². The molecule has 2 nitrogen and oxygen atoms in total. The highest BCUT2D eigenvalue weighted by molar-refractivity contribution is 5.84. The molecule has 2 rings (SSSR count). The predicted molar refractivity (Wildman–Crippen MR) is 88.4 cm³/mol. The Morgan fingerprint density at radius 1 is 1.20 bits per heavy atom. The van der Waals surface area contributed by atoms with Gasteiger partial charge in [0.1, 0.15) is 0 Å². The molecule has 0 amide bonds. The van der Waals surface area contributed by atoms with Crippen molar-refractivity contribution < 1.29 is 0 Å². The van der Waals surface area contributed by atoms with E-state index in [1.165, 1.54) is 35.7 Å². The highest BCUT2D eigenvalue weighted by Gasteiger charge is 2.12. The Morgan fingerprint density at radius 2 is 1.95 bits per heavy atom. The minimum atomic E-state index is 0.591. The lowest BCUT2D eigenvalue weighted by Gasteiger charge is -2.14. The van der Waals surface area contributed by atoms with E-state index in [9.17, 15) is 0 Å². The molecule has 0 aliphatic rings. The molecule has 0 radical (unpaired) electrons. The van der Waals surface area contributed by atoms with Gasteiger partial charge in [-0.25, -0.2) is 0 Å². The first kappa shape index (κ1) is 15.1. The van der Waals surface area contributed by atoms with Crippen LogP contribution in [0, 0.1) is 0 Å². The Morgan fingerprint density at radius 3 is 2.65 bits per heavy atom. The van der Waals surface area contributed by atoms with Crippen LogP contribution >= 0.6 is 0 Å². The van der Waals surface area contributed by atoms with Crippen molar-refractivity contribution in [2.24, 2.45) is 0 Å². The average Bonchev–Trinajstić information content (AvgIpc) is 2.81. The van der Waals surface area contributed by atoms with Crippen LogP contribution in [0.3, 0.4) is 0 Å². The SMILES string of the molecule is CCCCC(C)n1cc(CCN(C)C)c2ccccc21. The summed E-state index contributed by atoms with van der Waals surface area (Å²) in [7, 11) is 4.28. The first-order chi connectivity index (χ1) is 9.63. The first-order valence-electron chi connectivity index (χ1n) is 7.86. The van der Waals surface area contributed by atoms with Gasteiger partial charge in [-0.05, 0) is 45.5 Å². The third-order valence-electron chi connectivity index (χ3n) is 4.10. The zero-order valence-corrected chi connectivity index (χ0v) is 13.4. The van der Waals surface area contributed by atoms with E-state index in [1.54, 1.807) is 0 Å². The maximum Gasteiger partial charge on any atom is 0.0485 e. The summed E-state index contributed by atoms with van der Waals surface area (Å²) in [5.74, 6) is 0. The number of benzene rings is 1. The second-order valence-electron chi connectivity index (χ2n) is 6.12. The van der Waals surface area contributed by atoms with Gasteiger partial charge in [-0.1, -0.05) is 38.0 Å². The molecule has 0 saturated carbocycles. The number of aromatic nitrogens is 1. The second-order valence-corrected chi connectivity index (χ2v) is 6.12. The van der Waals surface area contributed by atoms with Gasteiger partial charge in [-0.3, -0.25) is 0 Å². The van der Waals surface area contributed by atoms with Crippen LogP contribution in [-0.2, 0) is 6.42 Å². The van der Waals surface area contributed by atoms with Crippen molar-refractivity contribution in [1.29, 1.82) is 0 Å². The quantitative estimate of drug-likeness (QED) is 0.720. The molecule has 110 valence electrons. The number of unbranched alkanes of at least 4 members (excludes halogenated alkanes) is 1. The third kappa shape index (κ3) is 3.43. The largest absolute Gasteiger partial charge is 0.344 e. The maximum atomic E-state index is 2.48. The molecule has 0 aliphatic heterocycles. The van der Waals surface area contributed by atoms with Gasteiger partial charge < -0.3 is 9.47 Å². The fourth-order valence-corrected chi connectivity index (χ4v) is 2.82. The molecule has 1 unspecified atom stereocenters. The molecule has 0 aliphatic carbocycles. The zero-order valence-electron chi connectivity index (χ0n) is 13.4. The molecule has 0 saturated heterocycles. The number of para-hydroxylation sites is 1. The van der Waals surface area contributed by atoms with E-state index >= 15 is 0 Å². The minimum absolute atomic E-state index is 0.591. The minimum Gasteiger partial charge on any atom is -0.344 e. The van der Waals surface area contributed by atoms with Crippen LogP contribution in [-0.4, -0.2) is 30.1 Å². The van der Waals surface area contributed by atoms with Crippen molar-refractivity contribution in [1.82, 2.24) is 9.47 Å². The molecular weight excluding hydrogens is 244 g/mol. The number of nitrogens with zero attached hydrogens (tertiary/aromatic N) is 2. The van der Waals surface area contributed by atoms with E-state index in [0.29, 0.717) is 6.04 Å². The highest BCUT2D eigenvalue weighted by Crippen LogP contribution is 2.27. The summed E-state index contributed by atoms with van der Waals surface area (Å²) in [6, 6.07) is 9.43. The molecule has 1 aromatic carbocycles. The van der Waals surface area contributed by atoms with Gasteiger partial charge in [-0.15, -0.1) is 0 Å². The van der Waals surface area contributed by atoms with Crippen molar-refractivity contribution >= 4 is 10.9 Å².